The lowest BCUT2D eigenvalue weighted by atomic mass is 9.96. The molecule has 0 aliphatic heterocycles. The monoisotopic (exact) mass is 631 g/mol. The average molecular weight is 632 g/mol. The number of nitrogens with zero attached hydrogens (tertiary/aromatic N) is 3. The largest absolute Gasteiger partial charge is 0.456 e. The smallest absolute Gasteiger partial charge is 0.164 e. The molecular weight excluding hydrogens is 599 g/mol. The summed E-state index contributed by atoms with van der Waals surface area (Å²) in [6.07, 6.45) is 8.85. The third-order valence-corrected chi connectivity index (χ3v) is 8.83. The normalized spacial score (nSPS) is 12.0. The summed E-state index contributed by atoms with van der Waals surface area (Å²) in [5, 5.41) is 4.65. The molecule has 4 nitrogen and oxygen atoms in total. The molecule has 2 heterocycles. The Morgan fingerprint density at radius 1 is 0.592 bits per heavy atom. The fraction of sp³-hybridized carbons (Fsp3) is 0.0444. The number of benzene rings is 6. The molecule has 0 saturated carbocycles. The lowest BCUT2D eigenvalue weighted by Gasteiger charge is -2.12. The van der Waals surface area contributed by atoms with E-state index in [1.165, 1.54) is 10.8 Å². The van der Waals surface area contributed by atoms with E-state index in [9.17, 15) is 0 Å². The number of rotatable bonds is 8. The molecular formula is C45H33N3O. The fourth-order valence-corrected chi connectivity index (χ4v) is 6.30. The van der Waals surface area contributed by atoms with Gasteiger partial charge in [0.25, 0.3) is 0 Å². The number of furan rings is 1. The molecule has 0 radical (unpaired) electrons. The molecule has 0 amide bonds. The summed E-state index contributed by atoms with van der Waals surface area (Å²) in [5.74, 6) is 1.81. The van der Waals surface area contributed by atoms with Gasteiger partial charge in [-0.05, 0) is 63.7 Å². The van der Waals surface area contributed by atoms with E-state index < -0.39 is 0 Å². The summed E-state index contributed by atoms with van der Waals surface area (Å²) in [4.78, 5) is 14.9. The summed E-state index contributed by atoms with van der Waals surface area (Å²) in [6.45, 7) is 6.16. The molecule has 0 bridgehead atoms. The molecule has 0 fully saturated rings. The standard InChI is InChI=1S/C45H33N3O/c1-3-5-7-14-30(4-2)43-46-44(33-15-8-6-9-16-33)48-45(47-43)39-20-13-12-19-37(39)32-23-21-31(22-24-32)36-25-26-38-40-27-34-17-10-11-18-35(34)28-42(40)49-41(38)29-36/h4-29H,2-3H2,1H3/b7-5-,30-14+. The Labute approximate surface area is 285 Å². The zero-order chi connectivity index (χ0) is 33.2. The Morgan fingerprint density at radius 2 is 1.24 bits per heavy atom. The van der Waals surface area contributed by atoms with Gasteiger partial charge < -0.3 is 4.42 Å². The van der Waals surface area contributed by atoms with E-state index in [0.29, 0.717) is 17.5 Å². The second kappa shape index (κ2) is 13.0. The first-order chi connectivity index (χ1) is 24.2. The van der Waals surface area contributed by atoms with Crippen molar-refractivity contribution in [3.05, 3.63) is 170 Å². The lowest BCUT2D eigenvalue weighted by molar-refractivity contribution is 0.669. The van der Waals surface area contributed by atoms with Crippen LogP contribution in [0.15, 0.2) is 169 Å². The Hall–Kier alpha value is -6.39. The van der Waals surface area contributed by atoms with Gasteiger partial charge in [0.15, 0.2) is 17.5 Å². The molecule has 6 aromatic carbocycles. The molecule has 0 spiro atoms. The highest BCUT2D eigenvalue weighted by Crippen LogP contribution is 2.36. The maximum atomic E-state index is 6.35. The van der Waals surface area contributed by atoms with Crippen LogP contribution in [0.3, 0.4) is 0 Å². The molecule has 0 unspecified atom stereocenters. The van der Waals surface area contributed by atoms with Gasteiger partial charge in [-0.3, -0.25) is 0 Å². The molecule has 0 atom stereocenters. The second-order valence-corrected chi connectivity index (χ2v) is 12.0. The minimum Gasteiger partial charge on any atom is -0.456 e. The van der Waals surface area contributed by atoms with Gasteiger partial charge >= 0.3 is 0 Å². The van der Waals surface area contributed by atoms with Gasteiger partial charge in [0.2, 0.25) is 0 Å². The summed E-state index contributed by atoms with van der Waals surface area (Å²) in [7, 11) is 0. The molecule has 0 saturated heterocycles. The fourth-order valence-electron chi connectivity index (χ4n) is 6.30. The molecule has 8 rings (SSSR count). The van der Waals surface area contributed by atoms with Crippen LogP contribution in [0.1, 0.15) is 19.2 Å². The van der Waals surface area contributed by atoms with Crippen LogP contribution in [-0.4, -0.2) is 15.0 Å². The summed E-state index contributed by atoms with van der Waals surface area (Å²) < 4.78 is 6.35. The third-order valence-electron chi connectivity index (χ3n) is 8.83. The molecule has 0 aliphatic rings. The van der Waals surface area contributed by atoms with E-state index in [0.717, 1.165) is 67.3 Å². The number of hydrogen-bond acceptors (Lipinski definition) is 4. The van der Waals surface area contributed by atoms with Crippen molar-refractivity contribution in [2.24, 2.45) is 0 Å². The zero-order valence-corrected chi connectivity index (χ0v) is 27.2. The maximum absolute atomic E-state index is 6.35. The molecule has 234 valence electrons. The van der Waals surface area contributed by atoms with Crippen molar-refractivity contribution < 1.29 is 4.42 Å². The first kappa shape index (κ1) is 30.0. The first-order valence-corrected chi connectivity index (χ1v) is 16.5. The van der Waals surface area contributed by atoms with Crippen LogP contribution >= 0.6 is 0 Å². The van der Waals surface area contributed by atoms with Crippen LogP contribution in [0.2, 0.25) is 0 Å². The molecule has 0 N–H and O–H groups in total. The predicted molar refractivity (Wildman–Crippen MR) is 204 cm³/mol. The van der Waals surface area contributed by atoms with E-state index in [1.807, 2.05) is 48.6 Å². The van der Waals surface area contributed by atoms with Gasteiger partial charge in [-0.1, -0.05) is 147 Å². The van der Waals surface area contributed by atoms with Crippen molar-refractivity contribution in [2.45, 2.75) is 13.3 Å². The molecule has 4 heteroatoms. The van der Waals surface area contributed by atoms with Crippen LogP contribution in [0.5, 0.6) is 0 Å². The summed E-state index contributed by atoms with van der Waals surface area (Å²) >= 11 is 0. The first-order valence-electron chi connectivity index (χ1n) is 16.5. The number of aromatic nitrogens is 3. The van der Waals surface area contributed by atoms with E-state index in [2.05, 4.69) is 117 Å². The minimum absolute atomic E-state index is 0.582. The van der Waals surface area contributed by atoms with Crippen molar-refractivity contribution in [3.8, 4) is 45.0 Å². The predicted octanol–water partition coefficient (Wildman–Crippen LogP) is 12.1. The summed E-state index contributed by atoms with van der Waals surface area (Å²) in [6, 6.07) is 46.2. The van der Waals surface area contributed by atoms with Gasteiger partial charge in [0, 0.05) is 27.5 Å². The topological polar surface area (TPSA) is 51.8 Å². The molecule has 0 aliphatic carbocycles. The van der Waals surface area contributed by atoms with Crippen molar-refractivity contribution in [2.75, 3.05) is 0 Å². The van der Waals surface area contributed by atoms with Gasteiger partial charge in [-0.2, -0.15) is 0 Å². The van der Waals surface area contributed by atoms with Crippen molar-refractivity contribution >= 4 is 38.3 Å². The lowest BCUT2D eigenvalue weighted by Crippen LogP contribution is -2.03. The van der Waals surface area contributed by atoms with Crippen molar-refractivity contribution in [3.63, 3.8) is 0 Å². The minimum atomic E-state index is 0.582. The quantitative estimate of drug-likeness (QED) is 0.157. The summed E-state index contributed by atoms with van der Waals surface area (Å²) in [5.41, 5.74) is 8.82. The SMILES string of the molecule is C=C/C(=C\C=C/CC)c1nc(-c2ccccc2)nc(-c2ccccc2-c2ccc(-c3ccc4c(c3)oc3cc5ccccc5cc34)cc2)n1. The van der Waals surface area contributed by atoms with Crippen LogP contribution in [0.25, 0.3) is 83.3 Å². The number of hydrogen-bond donors (Lipinski definition) is 0. The Balaban J connectivity index is 1.18. The van der Waals surface area contributed by atoms with Crippen molar-refractivity contribution in [1.82, 2.24) is 15.0 Å². The van der Waals surface area contributed by atoms with Gasteiger partial charge in [0.1, 0.15) is 11.2 Å². The van der Waals surface area contributed by atoms with Crippen LogP contribution in [-0.2, 0) is 0 Å². The highest BCUT2D eigenvalue weighted by molar-refractivity contribution is 6.10. The zero-order valence-electron chi connectivity index (χ0n) is 27.2. The maximum Gasteiger partial charge on any atom is 0.164 e. The van der Waals surface area contributed by atoms with E-state index in [4.69, 9.17) is 19.4 Å². The van der Waals surface area contributed by atoms with E-state index in [-0.39, 0.29) is 0 Å². The highest BCUT2D eigenvalue weighted by Gasteiger charge is 2.16. The highest BCUT2D eigenvalue weighted by atomic mass is 16.3. The van der Waals surface area contributed by atoms with Crippen molar-refractivity contribution in [1.29, 1.82) is 0 Å². The molecule has 2 aromatic heterocycles. The Bertz CT molecular complexity index is 2540. The number of allylic oxidation sites excluding steroid dienone is 5. The number of fused-ring (bicyclic) bond motifs is 4. The second-order valence-electron chi connectivity index (χ2n) is 12.0. The van der Waals surface area contributed by atoms with Gasteiger partial charge in [0.05, 0.1) is 0 Å². The Kier molecular flexibility index (Phi) is 7.96. The van der Waals surface area contributed by atoms with Gasteiger partial charge in [-0.25, -0.2) is 15.0 Å². The van der Waals surface area contributed by atoms with Gasteiger partial charge in [-0.15, -0.1) is 0 Å². The van der Waals surface area contributed by atoms with Crippen LogP contribution < -0.4 is 0 Å². The van der Waals surface area contributed by atoms with Crippen LogP contribution in [0.4, 0.5) is 0 Å². The third kappa shape index (κ3) is 5.85. The average Bonchev–Trinajstić information content (AvgIpc) is 3.52. The molecule has 49 heavy (non-hydrogen) atoms. The van der Waals surface area contributed by atoms with E-state index >= 15 is 0 Å². The van der Waals surface area contributed by atoms with E-state index in [1.54, 1.807) is 6.08 Å². The Morgan fingerprint density at radius 3 is 2.02 bits per heavy atom. The van der Waals surface area contributed by atoms with Crippen LogP contribution in [0, 0.1) is 0 Å². The molecule has 8 aromatic rings.